The maximum absolute atomic E-state index is 12.2. The van der Waals surface area contributed by atoms with E-state index in [1.54, 1.807) is 6.92 Å². The van der Waals surface area contributed by atoms with Gasteiger partial charge in [-0.1, -0.05) is 12.1 Å². The fourth-order valence-corrected chi connectivity index (χ4v) is 1.91. The highest BCUT2D eigenvalue weighted by atomic mass is 16.5. The molecule has 1 atom stereocenters. The largest absolute Gasteiger partial charge is 0.465 e. The predicted molar refractivity (Wildman–Crippen MR) is 72.0 cm³/mol. The maximum Gasteiger partial charge on any atom is 0.324 e. The van der Waals surface area contributed by atoms with Crippen molar-refractivity contribution in [2.45, 2.75) is 20.8 Å². The molecule has 0 fully saturated rings. The Labute approximate surface area is 111 Å². The number of esters is 1. The number of anilines is 1. The Morgan fingerprint density at radius 1 is 1.42 bits per heavy atom. The third kappa shape index (κ3) is 2.50. The second-order valence-corrected chi connectivity index (χ2v) is 4.43. The first-order chi connectivity index (χ1) is 9.04. The Morgan fingerprint density at radius 3 is 2.84 bits per heavy atom. The van der Waals surface area contributed by atoms with Crippen molar-refractivity contribution in [2.75, 3.05) is 11.6 Å². The number of aryl methyl sites for hydroxylation is 2. The summed E-state index contributed by atoms with van der Waals surface area (Å²) in [7, 11) is 0. The maximum atomic E-state index is 12.2. The number of ether oxygens (including phenoxy) is 1. The van der Waals surface area contributed by atoms with Crippen molar-refractivity contribution >= 4 is 23.8 Å². The van der Waals surface area contributed by atoms with E-state index in [4.69, 9.17) is 4.74 Å². The second kappa shape index (κ2) is 5.22. The predicted octanol–water partition coefficient (Wildman–Crippen LogP) is 1.82. The van der Waals surface area contributed by atoms with Gasteiger partial charge in [0.15, 0.2) is 5.92 Å². The standard InChI is InChI=1S/C14H16N2O3/c1-4-19-14(18)11-8-15-16(13(11)17)12-7-9(2)5-6-10(12)3/h5-8,11H,4H2,1-3H3. The van der Waals surface area contributed by atoms with Crippen LogP contribution in [0.3, 0.4) is 0 Å². The molecule has 1 aliphatic heterocycles. The molecule has 0 aromatic heterocycles. The molecule has 0 aliphatic carbocycles. The molecule has 5 heteroatoms. The van der Waals surface area contributed by atoms with Crippen LogP contribution in [0.5, 0.6) is 0 Å². The van der Waals surface area contributed by atoms with Crippen LogP contribution in [0.25, 0.3) is 0 Å². The van der Waals surface area contributed by atoms with E-state index in [9.17, 15) is 9.59 Å². The average molecular weight is 260 g/mol. The fraction of sp³-hybridized carbons (Fsp3) is 0.357. The van der Waals surface area contributed by atoms with E-state index >= 15 is 0 Å². The summed E-state index contributed by atoms with van der Waals surface area (Å²) in [4.78, 5) is 23.8. The molecular weight excluding hydrogens is 244 g/mol. The summed E-state index contributed by atoms with van der Waals surface area (Å²) in [6.45, 7) is 5.79. The first-order valence-corrected chi connectivity index (χ1v) is 6.16. The number of hydrogen-bond acceptors (Lipinski definition) is 4. The molecule has 100 valence electrons. The summed E-state index contributed by atoms with van der Waals surface area (Å²) in [6, 6.07) is 5.76. The summed E-state index contributed by atoms with van der Waals surface area (Å²) >= 11 is 0. The molecule has 0 bridgehead atoms. The Hall–Kier alpha value is -2.17. The van der Waals surface area contributed by atoms with Gasteiger partial charge in [-0.2, -0.15) is 10.1 Å². The molecule has 1 aromatic carbocycles. The van der Waals surface area contributed by atoms with Crippen molar-refractivity contribution < 1.29 is 14.3 Å². The Bertz CT molecular complexity index is 552. The smallest absolute Gasteiger partial charge is 0.324 e. The fourth-order valence-electron chi connectivity index (χ4n) is 1.91. The van der Waals surface area contributed by atoms with E-state index in [1.807, 2.05) is 32.0 Å². The van der Waals surface area contributed by atoms with E-state index in [-0.39, 0.29) is 12.5 Å². The lowest BCUT2D eigenvalue weighted by atomic mass is 10.1. The zero-order valence-corrected chi connectivity index (χ0v) is 11.2. The van der Waals surface area contributed by atoms with Crippen molar-refractivity contribution in [3.8, 4) is 0 Å². The van der Waals surface area contributed by atoms with E-state index < -0.39 is 11.9 Å². The Balaban J connectivity index is 2.25. The van der Waals surface area contributed by atoms with Gasteiger partial charge in [-0.15, -0.1) is 0 Å². The van der Waals surface area contributed by atoms with Crippen molar-refractivity contribution in [1.82, 2.24) is 0 Å². The van der Waals surface area contributed by atoms with E-state index in [1.165, 1.54) is 11.2 Å². The van der Waals surface area contributed by atoms with Crippen LogP contribution < -0.4 is 5.01 Å². The van der Waals surface area contributed by atoms with Crippen LogP contribution in [0.15, 0.2) is 23.3 Å². The van der Waals surface area contributed by atoms with Crippen LogP contribution in [0.2, 0.25) is 0 Å². The lowest BCUT2D eigenvalue weighted by Gasteiger charge is -2.16. The van der Waals surface area contributed by atoms with Gasteiger partial charge in [0.1, 0.15) is 0 Å². The van der Waals surface area contributed by atoms with Gasteiger partial charge in [0.2, 0.25) is 0 Å². The zero-order valence-electron chi connectivity index (χ0n) is 11.2. The lowest BCUT2D eigenvalue weighted by molar-refractivity contribution is -0.147. The van der Waals surface area contributed by atoms with Crippen molar-refractivity contribution in [1.29, 1.82) is 0 Å². The van der Waals surface area contributed by atoms with Gasteiger partial charge in [0, 0.05) is 6.21 Å². The molecule has 1 unspecified atom stereocenters. The Morgan fingerprint density at radius 2 is 2.16 bits per heavy atom. The summed E-state index contributed by atoms with van der Waals surface area (Å²) in [5, 5.41) is 5.30. The van der Waals surface area contributed by atoms with Gasteiger partial charge in [0.25, 0.3) is 5.91 Å². The van der Waals surface area contributed by atoms with Crippen LogP contribution in [-0.2, 0) is 14.3 Å². The molecule has 0 radical (unpaired) electrons. The van der Waals surface area contributed by atoms with Crippen LogP contribution >= 0.6 is 0 Å². The number of carbonyl (C=O) groups is 2. The van der Waals surface area contributed by atoms with E-state index in [0.717, 1.165) is 11.1 Å². The van der Waals surface area contributed by atoms with Crippen LogP contribution in [-0.4, -0.2) is 24.7 Å². The van der Waals surface area contributed by atoms with Gasteiger partial charge < -0.3 is 4.74 Å². The molecule has 19 heavy (non-hydrogen) atoms. The molecule has 1 heterocycles. The van der Waals surface area contributed by atoms with Crippen molar-refractivity contribution in [2.24, 2.45) is 11.0 Å². The number of hydrogen-bond donors (Lipinski definition) is 0. The lowest BCUT2D eigenvalue weighted by Crippen LogP contribution is -2.32. The summed E-state index contributed by atoms with van der Waals surface area (Å²) in [5.41, 5.74) is 2.66. The highest BCUT2D eigenvalue weighted by Crippen LogP contribution is 2.26. The van der Waals surface area contributed by atoms with Crippen LogP contribution in [0, 0.1) is 19.8 Å². The average Bonchev–Trinajstić information content (AvgIpc) is 2.74. The quantitative estimate of drug-likeness (QED) is 0.615. The topological polar surface area (TPSA) is 59.0 Å². The van der Waals surface area contributed by atoms with Crippen LogP contribution in [0.1, 0.15) is 18.1 Å². The SMILES string of the molecule is CCOC(=O)C1C=NN(c2cc(C)ccc2C)C1=O. The first-order valence-electron chi connectivity index (χ1n) is 6.16. The number of carbonyl (C=O) groups excluding carboxylic acids is 2. The minimum Gasteiger partial charge on any atom is -0.465 e. The molecule has 0 spiro atoms. The molecule has 1 aliphatic rings. The number of hydrazone groups is 1. The monoisotopic (exact) mass is 260 g/mol. The summed E-state index contributed by atoms with van der Waals surface area (Å²) < 4.78 is 4.86. The van der Waals surface area contributed by atoms with Gasteiger partial charge in [-0.05, 0) is 38.0 Å². The van der Waals surface area contributed by atoms with Crippen LogP contribution in [0.4, 0.5) is 5.69 Å². The van der Waals surface area contributed by atoms with Crippen molar-refractivity contribution in [3.05, 3.63) is 29.3 Å². The first kappa shape index (κ1) is 13.3. The van der Waals surface area contributed by atoms with Crippen molar-refractivity contribution in [3.63, 3.8) is 0 Å². The molecule has 1 aromatic rings. The number of benzene rings is 1. The Kier molecular flexibility index (Phi) is 3.64. The number of rotatable bonds is 3. The molecule has 0 N–H and O–H groups in total. The number of amides is 1. The third-order valence-corrected chi connectivity index (χ3v) is 2.94. The highest BCUT2D eigenvalue weighted by Gasteiger charge is 2.36. The summed E-state index contributed by atoms with van der Waals surface area (Å²) in [5.74, 6) is -1.85. The van der Waals surface area contributed by atoms with Gasteiger partial charge in [-0.25, -0.2) is 0 Å². The third-order valence-electron chi connectivity index (χ3n) is 2.94. The molecule has 2 rings (SSSR count). The van der Waals surface area contributed by atoms with Gasteiger partial charge >= 0.3 is 5.97 Å². The normalized spacial score (nSPS) is 17.9. The number of nitrogens with zero attached hydrogens (tertiary/aromatic N) is 2. The van der Waals surface area contributed by atoms with Gasteiger partial charge in [0.05, 0.1) is 12.3 Å². The molecule has 0 saturated heterocycles. The highest BCUT2D eigenvalue weighted by molar-refractivity contribution is 6.20. The van der Waals surface area contributed by atoms with Gasteiger partial charge in [-0.3, -0.25) is 9.59 Å². The second-order valence-electron chi connectivity index (χ2n) is 4.43. The molecule has 1 amide bonds. The minimum atomic E-state index is -0.931. The minimum absolute atomic E-state index is 0.250. The van der Waals surface area contributed by atoms with E-state index in [0.29, 0.717) is 5.69 Å². The van der Waals surface area contributed by atoms with E-state index in [2.05, 4.69) is 5.10 Å². The molecule has 5 nitrogen and oxygen atoms in total. The molecular formula is C14H16N2O3. The zero-order chi connectivity index (χ0) is 14.0. The molecule has 0 saturated carbocycles. The summed E-state index contributed by atoms with van der Waals surface area (Å²) in [6.07, 6.45) is 1.34.